The predicted octanol–water partition coefficient (Wildman–Crippen LogP) is 2.80. The van der Waals surface area contributed by atoms with Crippen LogP contribution in [0.2, 0.25) is 0 Å². The van der Waals surface area contributed by atoms with E-state index < -0.39 is 0 Å². The number of carbonyl (C=O) groups excluding carboxylic acids is 1. The fraction of sp³-hybridized carbons (Fsp3) is 0.333. The van der Waals surface area contributed by atoms with Crippen molar-refractivity contribution in [1.29, 1.82) is 0 Å². The molecule has 0 saturated heterocycles. The summed E-state index contributed by atoms with van der Waals surface area (Å²) >= 11 is 1.39. The number of amides is 1. The lowest BCUT2D eigenvalue weighted by Crippen LogP contribution is -2.27. The standard InChI is InChI=1S/C18H19N5OS/c1-11-16-12(2)23(14-6-4-3-5-7-14)22-17(16)18(21-20-11)25-10-15(24)19-13-8-9-13/h3-7,13H,8-10H2,1-2H3,(H,19,24). The molecule has 1 saturated carbocycles. The number of nitrogens with one attached hydrogen (secondary N) is 1. The normalized spacial score (nSPS) is 14.0. The van der Waals surface area contributed by atoms with Crippen molar-refractivity contribution in [1.82, 2.24) is 25.3 Å². The van der Waals surface area contributed by atoms with Crippen molar-refractivity contribution >= 4 is 28.6 Å². The number of aromatic nitrogens is 4. The lowest BCUT2D eigenvalue weighted by atomic mass is 10.2. The Balaban J connectivity index is 1.68. The molecule has 0 spiro atoms. The highest BCUT2D eigenvalue weighted by atomic mass is 32.2. The number of carbonyl (C=O) groups is 1. The summed E-state index contributed by atoms with van der Waals surface area (Å²) in [5.74, 6) is 0.378. The van der Waals surface area contributed by atoms with Crippen LogP contribution >= 0.6 is 11.8 Å². The van der Waals surface area contributed by atoms with Gasteiger partial charge in [-0.25, -0.2) is 4.68 Å². The van der Waals surface area contributed by atoms with Crippen LogP contribution < -0.4 is 5.32 Å². The summed E-state index contributed by atoms with van der Waals surface area (Å²) in [6.07, 6.45) is 2.18. The van der Waals surface area contributed by atoms with Crippen molar-refractivity contribution in [3.05, 3.63) is 41.7 Å². The molecule has 1 N–H and O–H groups in total. The molecule has 0 unspecified atom stereocenters. The van der Waals surface area contributed by atoms with E-state index in [1.807, 2.05) is 48.9 Å². The zero-order valence-electron chi connectivity index (χ0n) is 14.2. The van der Waals surface area contributed by atoms with Crippen LogP contribution in [0.5, 0.6) is 0 Å². The van der Waals surface area contributed by atoms with Crippen molar-refractivity contribution in [2.45, 2.75) is 37.8 Å². The van der Waals surface area contributed by atoms with E-state index in [-0.39, 0.29) is 5.91 Å². The van der Waals surface area contributed by atoms with Crippen molar-refractivity contribution < 1.29 is 4.79 Å². The first-order valence-electron chi connectivity index (χ1n) is 8.33. The molecule has 2 aromatic heterocycles. The van der Waals surface area contributed by atoms with Crippen LogP contribution in [0.25, 0.3) is 16.6 Å². The number of thioether (sulfide) groups is 1. The molecule has 4 rings (SSSR count). The number of nitrogens with zero attached hydrogens (tertiary/aromatic N) is 4. The van der Waals surface area contributed by atoms with E-state index in [1.54, 1.807) is 0 Å². The van der Waals surface area contributed by atoms with Crippen molar-refractivity contribution in [2.75, 3.05) is 5.75 Å². The van der Waals surface area contributed by atoms with Crippen LogP contribution in [0.1, 0.15) is 24.2 Å². The van der Waals surface area contributed by atoms with Crippen molar-refractivity contribution in [3.63, 3.8) is 0 Å². The van der Waals surface area contributed by atoms with Gasteiger partial charge >= 0.3 is 0 Å². The maximum absolute atomic E-state index is 12.0. The van der Waals surface area contributed by atoms with E-state index >= 15 is 0 Å². The fourth-order valence-corrected chi connectivity index (χ4v) is 3.58. The molecule has 3 aromatic rings. The second-order valence-electron chi connectivity index (χ2n) is 6.28. The van der Waals surface area contributed by atoms with E-state index in [0.717, 1.165) is 40.8 Å². The minimum absolute atomic E-state index is 0.0437. The van der Waals surface area contributed by atoms with Crippen LogP contribution in [0.4, 0.5) is 0 Å². The Labute approximate surface area is 150 Å². The summed E-state index contributed by atoms with van der Waals surface area (Å²) in [4.78, 5) is 12.0. The van der Waals surface area contributed by atoms with Crippen LogP contribution in [0, 0.1) is 13.8 Å². The molecule has 0 atom stereocenters. The summed E-state index contributed by atoms with van der Waals surface area (Å²) in [5, 5.41) is 18.0. The number of fused-ring (bicyclic) bond motifs is 1. The lowest BCUT2D eigenvalue weighted by Gasteiger charge is -2.03. The van der Waals surface area contributed by atoms with Gasteiger partial charge in [0.1, 0.15) is 10.5 Å². The molecule has 2 heterocycles. The van der Waals surface area contributed by atoms with Crippen LogP contribution in [-0.4, -0.2) is 37.7 Å². The fourth-order valence-electron chi connectivity index (χ4n) is 2.85. The average Bonchev–Trinajstić information content (AvgIpc) is 3.36. The molecular weight excluding hydrogens is 334 g/mol. The third kappa shape index (κ3) is 3.24. The largest absolute Gasteiger partial charge is 0.353 e. The monoisotopic (exact) mass is 353 g/mol. The minimum atomic E-state index is 0.0437. The average molecular weight is 353 g/mol. The third-order valence-electron chi connectivity index (χ3n) is 4.25. The number of benzene rings is 1. The molecule has 1 aliphatic rings. The first kappa shape index (κ1) is 16.1. The van der Waals surface area contributed by atoms with Gasteiger partial charge in [0.05, 0.1) is 22.8 Å². The van der Waals surface area contributed by atoms with E-state index in [0.29, 0.717) is 16.8 Å². The van der Waals surface area contributed by atoms with Crippen molar-refractivity contribution in [3.8, 4) is 5.69 Å². The number of hydrogen-bond donors (Lipinski definition) is 1. The maximum atomic E-state index is 12.0. The van der Waals surface area contributed by atoms with Crippen molar-refractivity contribution in [2.24, 2.45) is 0 Å². The van der Waals surface area contributed by atoms with Gasteiger partial charge in [-0.3, -0.25) is 4.79 Å². The molecule has 1 aromatic carbocycles. The Hall–Kier alpha value is -2.41. The number of rotatable bonds is 5. The molecule has 1 aliphatic carbocycles. The Morgan fingerprint density at radius 3 is 2.72 bits per heavy atom. The molecule has 25 heavy (non-hydrogen) atoms. The van der Waals surface area contributed by atoms with E-state index in [1.165, 1.54) is 11.8 Å². The van der Waals surface area contributed by atoms with E-state index in [4.69, 9.17) is 5.10 Å². The van der Waals surface area contributed by atoms with Crippen LogP contribution in [0.15, 0.2) is 35.4 Å². The predicted molar refractivity (Wildman–Crippen MR) is 98.0 cm³/mol. The molecule has 7 heteroatoms. The summed E-state index contributed by atoms with van der Waals surface area (Å²) in [6.45, 7) is 3.97. The van der Waals surface area contributed by atoms with Gasteiger partial charge in [-0.1, -0.05) is 30.0 Å². The Bertz CT molecular complexity index is 934. The van der Waals surface area contributed by atoms with Gasteiger partial charge in [0, 0.05) is 11.4 Å². The lowest BCUT2D eigenvalue weighted by molar-refractivity contribution is -0.118. The smallest absolute Gasteiger partial charge is 0.230 e. The van der Waals surface area contributed by atoms with Gasteiger partial charge in [-0.15, -0.1) is 5.10 Å². The maximum Gasteiger partial charge on any atom is 0.230 e. The van der Waals surface area contributed by atoms with Crippen LogP contribution in [0.3, 0.4) is 0 Å². The topological polar surface area (TPSA) is 72.7 Å². The summed E-state index contributed by atoms with van der Waals surface area (Å²) in [7, 11) is 0. The number of para-hydroxylation sites is 1. The zero-order valence-corrected chi connectivity index (χ0v) is 15.0. The van der Waals surface area contributed by atoms with Gasteiger partial charge < -0.3 is 5.32 Å². The highest BCUT2D eigenvalue weighted by molar-refractivity contribution is 8.00. The minimum Gasteiger partial charge on any atom is -0.353 e. The Kier molecular flexibility index (Phi) is 4.17. The molecule has 1 fully saturated rings. The molecule has 6 nitrogen and oxygen atoms in total. The summed E-state index contributed by atoms with van der Waals surface area (Å²) in [6, 6.07) is 10.4. The SMILES string of the molecule is Cc1nnc(SCC(=O)NC2CC2)c2nn(-c3ccccc3)c(C)c12. The Morgan fingerprint density at radius 1 is 1.24 bits per heavy atom. The molecule has 1 amide bonds. The summed E-state index contributed by atoms with van der Waals surface area (Å²) < 4.78 is 1.91. The number of aryl methyl sites for hydroxylation is 2. The summed E-state index contributed by atoms with van der Waals surface area (Å²) in [5.41, 5.74) is 3.68. The zero-order chi connectivity index (χ0) is 17.4. The first-order chi connectivity index (χ1) is 12.1. The van der Waals surface area contributed by atoms with Gasteiger partial charge in [0.15, 0.2) is 0 Å². The van der Waals surface area contributed by atoms with E-state index in [9.17, 15) is 4.79 Å². The molecule has 128 valence electrons. The quantitative estimate of drug-likeness (QED) is 0.714. The van der Waals surface area contributed by atoms with Gasteiger partial charge in [-0.05, 0) is 38.8 Å². The first-order valence-corrected chi connectivity index (χ1v) is 9.32. The van der Waals surface area contributed by atoms with Crippen LogP contribution in [-0.2, 0) is 4.79 Å². The third-order valence-corrected chi connectivity index (χ3v) is 5.21. The number of hydrogen-bond acceptors (Lipinski definition) is 5. The van der Waals surface area contributed by atoms with Gasteiger partial charge in [0.2, 0.25) is 5.91 Å². The molecule has 0 radical (unpaired) electrons. The molecule has 0 aliphatic heterocycles. The second-order valence-corrected chi connectivity index (χ2v) is 7.24. The highest BCUT2D eigenvalue weighted by Crippen LogP contribution is 2.29. The van der Waals surface area contributed by atoms with E-state index in [2.05, 4.69) is 15.5 Å². The highest BCUT2D eigenvalue weighted by Gasteiger charge is 2.24. The molecular formula is C18H19N5OS. The molecule has 0 bridgehead atoms. The second kappa shape index (κ2) is 6.48. The van der Waals surface area contributed by atoms with Gasteiger partial charge in [-0.2, -0.15) is 10.2 Å². The Morgan fingerprint density at radius 2 is 2.00 bits per heavy atom. The van der Waals surface area contributed by atoms with Gasteiger partial charge in [0.25, 0.3) is 0 Å².